The van der Waals surface area contributed by atoms with Crippen LogP contribution in [0.15, 0.2) is 18.2 Å². The van der Waals surface area contributed by atoms with Crippen molar-refractivity contribution in [1.29, 1.82) is 0 Å². The van der Waals surface area contributed by atoms with Crippen molar-refractivity contribution >= 4 is 5.91 Å². The summed E-state index contributed by atoms with van der Waals surface area (Å²) < 4.78 is 5.62. The van der Waals surface area contributed by atoms with Crippen molar-refractivity contribution in [2.75, 3.05) is 26.7 Å². The predicted molar refractivity (Wildman–Crippen MR) is 74.4 cm³/mol. The monoisotopic (exact) mass is 266 g/mol. The lowest BCUT2D eigenvalue weighted by Crippen LogP contribution is -2.37. The third-order valence-corrected chi connectivity index (χ3v) is 2.77. The van der Waals surface area contributed by atoms with E-state index in [9.17, 15) is 9.90 Å². The molecule has 0 aliphatic rings. The maximum absolute atomic E-state index is 11.0. The van der Waals surface area contributed by atoms with Crippen LogP contribution in [-0.2, 0) is 4.79 Å². The van der Waals surface area contributed by atoms with Crippen LogP contribution in [-0.4, -0.2) is 43.9 Å². The molecule has 0 saturated carbocycles. The number of rotatable bonds is 7. The van der Waals surface area contributed by atoms with Crippen molar-refractivity contribution in [3.8, 4) is 5.75 Å². The molecule has 0 fully saturated rings. The Hall–Kier alpha value is -1.59. The highest BCUT2D eigenvalue weighted by molar-refractivity contribution is 5.77. The second-order valence-electron chi connectivity index (χ2n) is 4.49. The highest BCUT2D eigenvalue weighted by Crippen LogP contribution is 2.22. The smallest absolute Gasteiger partial charge is 0.233 e. The molecule has 0 bridgehead atoms. The zero-order chi connectivity index (χ0) is 14.3. The normalized spacial score (nSPS) is 12.0. The van der Waals surface area contributed by atoms with Crippen LogP contribution in [0.2, 0.25) is 0 Å². The highest BCUT2D eigenvalue weighted by Gasteiger charge is 2.08. The number of para-hydroxylation sites is 1. The second kappa shape index (κ2) is 7.76. The Kier molecular flexibility index (Phi) is 6.32. The number of hydrogen-bond acceptors (Lipinski definition) is 4. The first kappa shape index (κ1) is 15.5. The van der Waals surface area contributed by atoms with Crippen molar-refractivity contribution in [3.63, 3.8) is 0 Å². The first-order chi connectivity index (χ1) is 9.04. The van der Waals surface area contributed by atoms with Gasteiger partial charge in [0.25, 0.3) is 0 Å². The molecule has 1 atom stereocenters. The number of aliphatic hydroxyl groups is 1. The summed E-state index contributed by atoms with van der Waals surface area (Å²) in [5.41, 5.74) is 2.09. The van der Waals surface area contributed by atoms with Gasteiger partial charge in [-0.3, -0.25) is 4.79 Å². The third kappa shape index (κ3) is 5.28. The number of likely N-dealkylation sites (N-methyl/N-ethyl adjacent to an activating group) is 1. The van der Waals surface area contributed by atoms with Crippen molar-refractivity contribution in [2.24, 2.45) is 0 Å². The van der Waals surface area contributed by atoms with E-state index in [1.165, 1.54) is 0 Å². The van der Waals surface area contributed by atoms with Gasteiger partial charge in [-0.15, -0.1) is 0 Å². The zero-order valence-corrected chi connectivity index (χ0v) is 11.7. The molecule has 5 heteroatoms. The molecule has 0 aromatic heterocycles. The molecule has 1 unspecified atom stereocenters. The van der Waals surface area contributed by atoms with Gasteiger partial charge in [0.05, 0.1) is 6.54 Å². The van der Waals surface area contributed by atoms with Gasteiger partial charge in [0.1, 0.15) is 18.5 Å². The summed E-state index contributed by atoms with van der Waals surface area (Å²) in [6, 6.07) is 5.91. The first-order valence-corrected chi connectivity index (χ1v) is 6.33. The van der Waals surface area contributed by atoms with Crippen LogP contribution in [0.3, 0.4) is 0 Å². The molecule has 106 valence electrons. The Balaban J connectivity index is 2.34. The maximum Gasteiger partial charge on any atom is 0.233 e. The SMILES string of the molecule is CNC(=O)CNCC(O)COc1c(C)cccc1C. The summed E-state index contributed by atoms with van der Waals surface area (Å²) in [5.74, 6) is 0.704. The van der Waals surface area contributed by atoms with Crippen LogP contribution < -0.4 is 15.4 Å². The molecule has 1 amide bonds. The van der Waals surface area contributed by atoms with Crippen LogP contribution in [0.1, 0.15) is 11.1 Å². The predicted octanol–water partition coefficient (Wildman–Crippen LogP) is 0.379. The molecule has 0 aliphatic heterocycles. The molecule has 19 heavy (non-hydrogen) atoms. The minimum atomic E-state index is -0.649. The lowest BCUT2D eigenvalue weighted by Gasteiger charge is -2.16. The summed E-state index contributed by atoms with van der Waals surface area (Å²) in [6.45, 7) is 4.65. The number of aryl methyl sites for hydroxylation is 2. The Bertz CT molecular complexity index is 401. The number of nitrogens with one attached hydrogen (secondary N) is 2. The molecule has 1 aromatic carbocycles. The van der Waals surface area contributed by atoms with Crippen molar-refractivity contribution < 1.29 is 14.6 Å². The van der Waals surface area contributed by atoms with Crippen LogP contribution in [0.4, 0.5) is 0 Å². The van der Waals surface area contributed by atoms with Crippen LogP contribution >= 0.6 is 0 Å². The zero-order valence-electron chi connectivity index (χ0n) is 11.7. The van der Waals surface area contributed by atoms with E-state index < -0.39 is 6.10 Å². The van der Waals surface area contributed by atoms with Gasteiger partial charge in [0.2, 0.25) is 5.91 Å². The van der Waals surface area contributed by atoms with E-state index in [2.05, 4.69) is 10.6 Å². The van der Waals surface area contributed by atoms with E-state index in [-0.39, 0.29) is 19.1 Å². The summed E-state index contributed by atoms with van der Waals surface area (Å²) in [4.78, 5) is 11.0. The minimum Gasteiger partial charge on any atom is -0.490 e. The minimum absolute atomic E-state index is 0.108. The van der Waals surface area contributed by atoms with Gasteiger partial charge in [0.15, 0.2) is 0 Å². The quantitative estimate of drug-likeness (QED) is 0.667. The summed E-state index contributed by atoms with van der Waals surface area (Å²) >= 11 is 0. The van der Waals surface area contributed by atoms with E-state index >= 15 is 0 Å². The Morgan fingerprint density at radius 3 is 2.58 bits per heavy atom. The van der Waals surface area contributed by atoms with Gasteiger partial charge in [-0.25, -0.2) is 0 Å². The highest BCUT2D eigenvalue weighted by atomic mass is 16.5. The number of carbonyl (C=O) groups is 1. The average Bonchev–Trinajstić information content (AvgIpc) is 2.38. The fourth-order valence-electron chi connectivity index (χ4n) is 1.71. The van der Waals surface area contributed by atoms with E-state index in [0.717, 1.165) is 16.9 Å². The van der Waals surface area contributed by atoms with Gasteiger partial charge < -0.3 is 20.5 Å². The molecule has 0 heterocycles. The summed E-state index contributed by atoms with van der Waals surface area (Å²) in [6.07, 6.45) is -0.649. The number of hydrogen-bond donors (Lipinski definition) is 3. The largest absolute Gasteiger partial charge is 0.490 e. The summed E-state index contributed by atoms with van der Waals surface area (Å²) in [7, 11) is 1.57. The third-order valence-electron chi connectivity index (χ3n) is 2.77. The van der Waals surface area contributed by atoms with Gasteiger partial charge in [-0.1, -0.05) is 18.2 Å². The van der Waals surface area contributed by atoms with Gasteiger partial charge >= 0.3 is 0 Å². The fourth-order valence-corrected chi connectivity index (χ4v) is 1.71. The van der Waals surface area contributed by atoms with Crippen LogP contribution in [0.25, 0.3) is 0 Å². The number of amides is 1. The number of carbonyl (C=O) groups excluding carboxylic acids is 1. The standard InChI is InChI=1S/C14H22N2O3/c1-10-5-4-6-11(2)14(10)19-9-12(17)7-16-8-13(18)15-3/h4-6,12,16-17H,7-9H2,1-3H3,(H,15,18). The molecule has 0 aliphatic carbocycles. The van der Waals surface area contributed by atoms with Crippen LogP contribution in [0.5, 0.6) is 5.75 Å². The van der Waals surface area contributed by atoms with E-state index in [1.807, 2.05) is 32.0 Å². The lowest BCUT2D eigenvalue weighted by molar-refractivity contribution is -0.119. The lowest BCUT2D eigenvalue weighted by atomic mass is 10.1. The first-order valence-electron chi connectivity index (χ1n) is 6.33. The number of aliphatic hydroxyl groups excluding tert-OH is 1. The molecule has 3 N–H and O–H groups in total. The fraction of sp³-hybridized carbons (Fsp3) is 0.500. The maximum atomic E-state index is 11.0. The number of ether oxygens (including phenoxy) is 1. The number of benzene rings is 1. The second-order valence-corrected chi connectivity index (χ2v) is 4.49. The van der Waals surface area contributed by atoms with E-state index in [1.54, 1.807) is 7.05 Å². The molecule has 0 spiro atoms. The molecular formula is C14H22N2O3. The molecule has 0 saturated heterocycles. The van der Waals surface area contributed by atoms with Gasteiger partial charge in [-0.2, -0.15) is 0 Å². The molecule has 1 rings (SSSR count). The Morgan fingerprint density at radius 2 is 2.00 bits per heavy atom. The van der Waals surface area contributed by atoms with Crippen molar-refractivity contribution in [1.82, 2.24) is 10.6 Å². The van der Waals surface area contributed by atoms with Crippen molar-refractivity contribution in [3.05, 3.63) is 29.3 Å². The molecule has 1 aromatic rings. The topological polar surface area (TPSA) is 70.6 Å². The Labute approximate surface area is 114 Å². The molecule has 5 nitrogen and oxygen atoms in total. The van der Waals surface area contributed by atoms with Gasteiger partial charge in [-0.05, 0) is 25.0 Å². The Morgan fingerprint density at radius 1 is 1.37 bits per heavy atom. The average molecular weight is 266 g/mol. The van der Waals surface area contributed by atoms with E-state index in [0.29, 0.717) is 6.54 Å². The van der Waals surface area contributed by atoms with Gasteiger partial charge in [0, 0.05) is 13.6 Å². The molecule has 0 radical (unpaired) electrons. The van der Waals surface area contributed by atoms with E-state index in [4.69, 9.17) is 4.74 Å². The van der Waals surface area contributed by atoms with Crippen LogP contribution in [0, 0.1) is 13.8 Å². The summed E-state index contributed by atoms with van der Waals surface area (Å²) in [5, 5.41) is 15.1. The van der Waals surface area contributed by atoms with Crippen molar-refractivity contribution in [2.45, 2.75) is 20.0 Å². The molecular weight excluding hydrogens is 244 g/mol.